The molecule has 0 amide bonds. The smallest absolute Gasteiger partial charge is 0.204 e. The van der Waals surface area contributed by atoms with Gasteiger partial charge in [-0.15, -0.1) is 0 Å². The van der Waals surface area contributed by atoms with E-state index in [1.54, 1.807) is 0 Å². The van der Waals surface area contributed by atoms with E-state index >= 15 is 0 Å². The Bertz CT molecular complexity index is 833. The molecule has 0 unspecified atom stereocenters. The van der Waals surface area contributed by atoms with Crippen molar-refractivity contribution in [1.29, 1.82) is 0 Å². The first-order valence-corrected chi connectivity index (χ1v) is 8.14. The molecule has 0 aliphatic heterocycles. The summed E-state index contributed by atoms with van der Waals surface area (Å²) in [5.41, 5.74) is 10.6. The van der Waals surface area contributed by atoms with Crippen molar-refractivity contribution in [3.05, 3.63) is 59.2 Å². The summed E-state index contributed by atoms with van der Waals surface area (Å²) < 4.78 is 8.50. The maximum absolute atomic E-state index is 6.36. The molecule has 0 aliphatic rings. The Morgan fingerprint density at radius 1 is 1.04 bits per heavy atom. The molecule has 3 heteroatoms. The molecule has 0 spiro atoms. The molecule has 3 rings (SSSR count). The monoisotopic (exact) mass is 308 g/mol. The number of benzene rings is 2. The minimum absolute atomic E-state index is 0.687. The average molecular weight is 308 g/mol. The topological polar surface area (TPSA) is 40.2 Å². The average Bonchev–Trinajstić information content (AvgIpc) is 2.82. The van der Waals surface area contributed by atoms with Gasteiger partial charge in [0.1, 0.15) is 5.75 Å². The van der Waals surface area contributed by atoms with Gasteiger partial charge >= 0.3 is 0 Å². The number of hydrogen-bond acceptors (Lipinski definition) is 2. The van der Waals surface area contributed by atoms with E-state index in [9.17, 15) is 0 Å². The molecule has 3 nitrogen and oxygen atoms in total. The molecule has 1 heterocycles. The van der Waals surface area contributed by atoms with E-state index in [0.717, 1.165) is 24.5 Å². The first-order chi connectivity index (χ1) is 11.1. The number of hydrogen-bond donors (Lipinski definition) is 1. The highest BCUT2D eigenvalue weighted by Gasteiger charge is 2.17. The lowest BCUT2D eigenvalue weighted by molar-refractivity contribution is 0.436. The number of aryl methyl sites for hydroxylation is 3. The molecule has 2 N–H and O–H groups in total. The van der Waals surface area contributed by atoms with Crippen molar-refractivity contribution in [2.24, 2.45) is 12.8 Å². The van der Waals surface area contributed by atoms with Crippen LogP contribution in [0.25, 0.3) is 10.9 Å². The van der Waals surface area contributed by atoms with Crippen LogP contribution in [0, 0.1) is 13.8 Å². The minimum Gasteiger partial charge on any atom is -0.440 e. The van der Waals surface area contributed by atoms with E-state index in [4.69, 9.17) is 10.5 Å². The Balaban J connectivity index is 2.12. The summed E-state index contributed by atoms with van der Waals surface area (Å²) in [6.07, 6.45) is 1.88. The number of fused-ring (bicyclic) bond motifs is 1. The molecule has 0 saturated heterocycles. The van der Waals surface area contributed by atoms with E-state index < -0.39 is 0 Å². The van der Waals surface area contributed by atoms with Crippen LogP contribution >= 0.6 is 0 Å². The molecule has 0 saturated carbocycles. The first kappa shape index (κ1) is 15.6. The lowest BCUT2D eigenvalue weighted by Gasteiger charge is -2.13. The van der Waals surface area contributed by atoms with Crippen LogP contribution < -0.4 is 10.5 Å². The van der Waals surface area contributed by atoms with E-state index in [0.29, 0.717) is 6.54 Å². The maximum Gasteiger partial charge on any atom is 0.204 e. The van der Waals surface area contributed by atoms with Gasteiger partial charge in [-0.2, -0.15) is 0 Å². The van der Waals surface area contributed by atoms with Crippen molar-refractivity contribution in [1.82, 2.24) is 4.57 Å². The lowest BCUT2D eigenvalue weighted by atomic mass is 10.1. The maximum atomic E-state index is 6.36. The molecule has 2 aromatic carbocycles. The fourth-order valence-corrected chi connectivity index (χ4v) is 3.04. The Labute approximate surface area is 137 Å². The van der Waals surface area contributed by atoms with Gasteiger partial charge < -0.3 is 15.0 Å². The second-order valence-corrected chi connectivity index (χ2v) is 6.05. The normalized spacial score (nSPS) is 11.1. The largest absolute Gasteiger partial charge is 0.440 e. The molecule has 0 fully saturated rings. The van der Waals surface area contributed by atoms with Crippen molar-refractivity contribution < 1.29 is 4.74 Å². The van der Waals surface area contributed by atoms with Crippen molar-refractivity contribution >= 4 is 10.9 Å². The second kappa shape index (κ2) is 6.47. The highest BCUT2D eigenvalue weighted by molar-refractivity contribution is 5.87. The van der Waals surface area contributed by atoms with Crippen LogP contribution in [0.3, 0.4) is 0 Å². The number of aromatic nitrogens is 1. The SMILES string of the molecule is Cc1cccc(Oc2c(CCCN)c3ccccc3n2C)c1C. The van der Waals surface area contributed by atoms with Gasteiger partial charge in [0.05, 0.1) is 5.52 Å². The van der Waals surface area contributed by atoms with Crippen LogP contribution in [-0.4, -0.2) is 11.1 Å². The fourth-order valence-electron chi connectivity index (χ4n) is 3.04. The van der Waals surface area contributed by atoms with E-state index in [2.05, 4.69) is 55.8 Å². The third kappa shape index (κ3) is 2.84. The molecule has 0 aliphatic carbocycles. The van der Waals surface area contributed by atoms with Crippen LogP contribution in [0.1, 0.15) is 23.1 Å². The zero-order chi connectivity index (χ0) is 16.4. The van der Waals surface area contributed by atoms with Crippen molar-refractivity contribution in [3.8, 4) is 11.6 Å². The molecule has 3 aromatic rings. The van der Waals surface area contributed by atoms with Gasteiger partial charge in [-0.1, -0.05) is 30.3 Å². The summed E-state index contributed by atoms with van der Waals surface area (Å²) in [6.45, 7) is 4.90. The van der Waals surface area contributed by atoms with Crippen LogP contribution in [0.15, 0.2) is 42.5 Å². The van der Waals surface area contributed by atoms with Crippen LogP contribution in [0.2, 0.25) is 0 Å². The molecular weight excluding hydrogens is 284 g/mol. The van der Waals surface area contributed by atoms with Gasteiger partial charge in [-0.3, -0.25) is 0 Å². The molecule has 23 heavy (non-hydrogen) atoms. The first-order valence-electron chi connectivity index (χ1n) is 8.14. The zero-order valence-corrected chi connectivity index (χ0v) is 14.1. The lowest BCUT2D eigenvalue weighted by Crippen LogP contribution is -2.02. The second-order valence-electron chi connectivity index (χ2n) is 6.05. The van der Waals surface area contributed by atoms with Gasteiger partial charge in [-0.05, 0) is 56.5 Å². The summed E-state index contributed by atoms with van der Waals surface area (Å²) in [6, 6.07) is 14.6. The number of nitrogens with zero attached hydrogens (tertiary/aromatic N) is 1. The van der Waals surface area contributed by atoms with Gasteiger partial charge in [0.2, 0.25) is 5.88 Å². The summed E-state index contributed by atoms with van der Waals surface area (Å²) in [5.74, 6) is 1.85. The molecule has 120 valence electrons. The van der Waals surface area contributed by atoms with Crippen molar-refractivity contribution in [2.75, 3.05) is 6.54 Å². The van der Waals surface area contributed by atoms with Gasteiger partial charge in [0.15, 0.2) is 0 Å². The van der Waals surface area contributed by atoms with Crippen LogP contribution in [0.4, 0.5) is 0 Å². The highest BCUT2D eigenvalue weighted by atomic mass is 16.5. The number of ether oxygens (including phenoxy) is 1. The van der Waals surface area contributed by atoms with E-state index in [1.165, 1.54) is 27.6 Å². The fraction of sp³-hybridized carbons (Fsp3) is 0.300. The summed E-state index contributed by atoms with van der Waals surface area (Å²) >= 11 is 0. The Morgan fingerprint density at radius 2 is 1.83 bits per heavy atom. The summed E-state index contributed by atoms with van der Waals surface area (Å²) in [7, 11) is 2.06. The van der Waals surface area contributed by atoms with Crippen molar-refractivity contribution in [3.63, 3.8) is 0 Å². The number of para-hydroxylation sites is 1. The van der Waals surface area contributed by atoms with Gasteiger partial charge in [0, 0.05) is 18.0 Å². The van der Waals surface area contributed by atoms with E-state index in [1.807, 2.05) is 12.1 Å². The van der Waals surface area contributed by atoms with E-state index in [-0.39, 0.29) is 0 Å². The third-order valence-electron chi connectivity index (χ3n) is 4.55. The molecule has 0 bridgehead atoms. The summed E-state index contributed by atoms with van der Waals surface area (Å²) in [5, 5.41) is 1.25. The summed E-state index contributed by atoms with van der Waals surface area (Å²) in [4.78, 5) is 0. The molecule has 1 aromatic heterocycles. The third-order valence-corrected chi connectivity index (χ3v) is 4.55. The van der Waals surface area contributed by atoms with Crippen molar-refractivity contribution in [2.45, 2.75) is 26.7 Å². The van der Waals surface area contributed by atoms with Gasteiger partial charge in [-0.25, -0.2) is 0 Å². The minimum atomic E-state index is 0.687. The molecule has 0 atom stereocenters. The predicted octanol–water partition coefficient (Wildman–Crippen LogP) is 4.48. The van der Waals surface area contributed by atoms with Crippen LogP contribution in [0.5, 0.6) is 11.6 Å². The Kier molecular flexibility index (Phi) is 4.39. The standard InChI is InChI=1S/C20H24N2O/c1-14-8-6-12-19(15(14)2)23-20-17(10-7-13-21)16-9-4-5-11-18(16)22(20)3/h4-6,8-9,11-12H,7,10,13,21H2,1-3H3. The number of rotatable bonds is 5. The predicted molar refractivity (Wildman–Crippen MR) is 96.3 cm³/mol. The highest BCUT2D eigenvalue weighted by Crippen LogP contribution is 2.36. The van der Waals surface area contributed by atoms with Gasteiger partial charge in [0.25, 0.3) is 0 Å². The quantitative estimate of drug-likeness (QED) is 0.755. The zero-order valence-electron chi connectivity index (χ0n) is 14.1. The Hall–Kier alpha value is -2.26. The number of nitrogens with two attached hydrogens (primary N) is 1. The Morgan fingerprint density at radius 3 is 2.61 bits per heavy atom. The molecular formula is C20H24N2O. The van der Waals surface area contributed by atoms with Crippen LogP contribution in [-0.2, 0) is 13.5 Å². The molecule has 0 radical (unpaired) electrons.